The molecule has 0 saturated carbocycles. The molecule has 0 saturated heterocycles. The van der Waals surface area contributed by atoms with Crippen molar-refractivity contribution < 1.29 is 4.79 Å². The molecule has 3 nitrogen and oxygen atoms in total. The SMILES string of the molecule is CC(C)Sc1nc2ccc(C(=O)C(C)C)cc2[nH]1. The second-order valence-electron chi connectivity index (χ2n) is 4.96. The van der Waals surface area contributed by atoms with Gasteiger partial charge in [-0.25, -0.2) is 4.98 Å². The molecule has 96 valence electrons. The van der Waals surface area contributed by atoms with Gasteiger partial charge in [-0.1, -0.05) is 39.5 Å². The van der Waals surface area contributed by atoms with Gasteiger partial charge in [0.05, 0.1) is 11.0 Å². The number of nitrogens with zero attached hydrogens (tertiary/aromatic N) is 1. The van der Waals surface area contributed by atoms with Crippen molar-refractivity contribution in [2.45, 2.75) is 38.1 Å². The normalized spacial score (nSPS) is 11.7. The van der Waals surface area contributed by atoms with Gasteiger partial charge in [-0.3, -0.25) is 4.79 Å². The predicted octanol–water partition coefficient (Wildman–Crippen LogP) is 3.90. The summed E-state index contributed by atoms with van der Waals surface area (Å²) < 4.78 is 0. The molecule has 0 aliphatic carbocycles. The molecule has 2 aromatic rings. The molecule has 0 atom stereocenters. The third kappa shape index (κ3) is 2.75. The number of carbonyl (C=O) groups excluding carboxylic acids is 1. The highest BCUT2D eigenvalue weighted by molar-refractivity contribution is 7.99. The van der Waals surface area contributed by atoms with Gasteiger partial charge in [0.15, 0.2) is 10.9 Å². The average Bonchev–Trinajstić information content (AvgIpc) is 2.67. The summed E-state index contributed by atoms with van der Waals surface area (Å²) in [6.45, 7) is 8.09. The summed E-state index contributed by atoms with van der Waals surface area (Å²) in [5.41, 5.74) is 2.60. The zero-order valence-corrected chi connectivity index (χ0v) is 12.0. The van der Waals surface area contributed by atoms with Crippen LogP contribution >= 0.6 is 11.8 Å². The van der Waals surface area contributed by atoms with Crippen molar-refractivity contribution in [1.82, 2.24) is 9.97 Å². The van der Waals surface area contributed by atoms with Crippen molar-refractivity contribution in [3.8, 4) is 0 Å². The Labute approximate surface area is 111 Å². The molecule has 0 spiro atoms. The third-order valence-corrected chi connectivity index (χ3v) is 3.50. The Balaban J connectivity index is 2.36. The summed E-state index contributed by atoms with van der Waals surface area (Å²) in [6.07, 6.45) is 0. The number of hydrogen-bond donors (Lipinski definition) is 1. The molecule has 0 radical (unpaired) electrons. The fraction of sp³-hybridized carbons (Fsp3) is 0.429. The van der Waals surface area contributed by atoms with Gasteiger partial charge in [0.25, 0.3) is 0 Å². The van der Waals surface area contributed by atoms with E-state index in [0.717, 1.165) is 21.8 Å². The van der Waals surface area contributed by atoms with Crippen LogP contribution in [0.1, 0.15) is 38.1 Å². The molecule has 4 heteroatoms. The Bertz CT molecular complexity index is 572. The van der Waals surface area contributed by atoms with Crippen molar-refractivity contribution in [3.05, 3.63) is 23.8 Å². The summed E-state index contributed by atoms with van der Waals surface area (Å²) >= 11 is 1.69. The van der Waals surface area contributed by atoms with Crippen LogP contribution in [-0.4, -0.2) is 21.0 Å². The highest BCUT2D eigenvalue weighted by atomic mass is 32.2. The standard InChI is InChI=1S/C14H18N2OS/c1-8(2)13(17)10-5-6-11-12(7-10)16-14(15-11)18-9(3)4/h5-9H,1-4H3,(H,15,16). The number of fused-ring (bicyclic) bond motifs is 1. The van der Waals surface area contributed by atoms with Crippen LogP contribution < -0.4 is 0 Å². The fourth-order valence-electron chi connectivity index (χ4n) is 1.75. The van der Waals surface area contributed by atoms with Crippen LogP contribution in [-0.2, 0) is 0 Å². The molecule has 0 aliphatic heterocycles. The Morgan fingerprint density at radius 3 is 2.61 bits per heavy atom. The summed E-state index contributed by atoms with van der Waals surface area (Å²) in [5.74, 6) is 0.194. The molecule has 2 rings (SSSR count). The lowest BCUT2D eigenvalue weighted by atomic mass is 10.0. The van der Waals surface area contributed by atoms with Crippen LogP contribution in [0.3, 0.4) is 0 Å². The maximum Gasteiger partial charge on any atom is 0.166 e. The Morgan fingerprint density at radius 2 is 2.00 bits per heavy atom. The summed E-state index contributed by atoms with van der Waals surface area (Å²) in [5, 5.41) is 1.40. The quantitative estimate of drug-likeness (QED) is 0.671. The van der Waals surface area contributed by atoms with Gasteiger partial charge in [0, 0.05) is 16.7 Å². The van der Waals surface area contributed by atoms with E-state index in [1.54, 1.807) is 11.8 Å². The topological polar surface area (TPSA) is 45.8 Å². The van der Waals surface area contributed by atoms with E-state index in [0.29, 0.717) is 5.25 Å². The first kappa shape index (κ1) is 13.1. The van der Waals surface area contributed by atoms with Gasteiger partial charge < -0.3 is 4.98 Å². The van der Waals surface area contributed by atoms with Crippen LogP contribution in [0.25, 0.3) is 11.0 Å². The first-order chi connectivity index (χ1) is 8.47. The van der Waals surface area contributed by atoms with Gasteiger partial charge >= 0.3 is 0 Å². The minimum absolute atomic E-state index is 0.0230. The minimum Gasteiger partial charge on any atom is -0.333 e. The number of nitrogens with one attached hydrogen (secondary N) is 1. The Hall–Kier alpha value is -1.29. The molecule has 1 aromatic carbocycles. The zero-order chi connectivity index (χ0) is 13.3. The van der Waals surface area contributed by atoms with E-state index in [9.17, 15) is 4.79 Å². The van der Waals surface area contributed by atoms with Crippen LogP contribution in [0.2, 0.25) is 0 Å². The Kier molecular flexibility index (Phi) is 3.76. The average molecular weight is 262 g/mol. The van der Waals surface area contributed by atoms with Gasteiger partial charge in [-0.2, -0.15) is 0 Å². The van der Waals surface area contributed by atoms with Crippen LogP contribution in [0, 0.1) is 5.92 Å². The molecular formula is C14H18N2OS. The maximum atomic E-state index is 11.9. The molecule has 0 unspecified atom stereocenters. The number of H-pyrrole nitrogens is 1. The van der Waals surface area contributed by atoms with Crippen LogP contribution in [0.5, 0.6) is 0 Å². The van der Waals surface area contributed by atoms with Crippen molar-refractivity contribution >= 4 is 28.6 Å². The predicted molar refractivity (Wildman–Crippen MR) is 76.3 cm³/mol. The number of benzene rings is 1. The number of ketones is 1. The second-order valence-corrected chi connectivity index (χ2v) is 6.52. The molecule has 0 aliphatic rings. The molecule has 0 amide bonds. The molecule has 1 aromatic heterocycles. The number of aromatic nitrogens is 2. The van der Waals surface area contributed by atoms with E-state index < -0.39 is 0 Å². The number of imidazole rings is 1. The third-order valence-electron chi connectivity index (χ3n) is 2.62. The lowest BCUT2D eigenvalue weighted by Crippen LogP contribution is -2.06. The first-order valence-electron chi connectivity index (χ1n) is 6.18. The lowest BCUT2D eigenvalue weighted by Gasteiger charge is -2.03. The van der Waals surface area contributed by atoms with E-state index in [1.165, 1.54) is 0 Å². The van der Waals surface area contributed by atoms with Gasteiger partial charge in [-0.15, -0.1) is 0 Å². The molecule has 18 heavy (non-hydrogen) atoms. The van der Waals surface area contributed by atoms with Crippen molar-refractivity contribution in [2.24, 2.45) is 5.92 Å². The Morgan fingerprint density at radius 1 is 1.28 bits per heavy atom. The molecule has 1 N–H and O–H groups in total. The smallest absolute Gasteiger partial charge is 0.166 e. The first-order valence-corrected chi connectivity index (χ1v) is 7.06. The number of rotatable bonds is 4. The zero-order valence-electron chi connectivity index (χ0n) is 11.2. The van der Waals surface area contributed by atoms with E-state index in [1.807, 2.05) is 32.0 Å². The highest BCUT2D eigenvalue weighted by Gasteiger charge is 2.12. The molecule has 0 fully saturated rings. The summed E-state index contributed by atoms with van der Waals surface area (Å²) in [7, 11) is 0. The molecular weight excluding hydrogens is 244 g/mol. The highest BCUT2D eigenvalue weighted by Crippen LogP contribution is 2.24. The monoisotopic (exact) mass is 262 g/mol. The number of aromatic amines is 1. The summed E-state index contributed by atoms with van der Waals surface area (Å²) in [6, 6.07) is 5.66. The summed E-state index contributed by atoms with van der Waals surface area (Å²) in [4.78, 5) is 19.7. The van der Waals surface area contributed by atoms with Gasteiger partial charge in [0.2, 0.25) is 0 Å². The maximum absolute atomic E-state index is 11.9. The number of Topliss-reactive ketones (excluding diaryl/α,β-unsaturated/α-hetero) is 1. The van der Waals surface area contributed by atoms with Crippen molar-refractivity contribution in [2.75, 3.05) is 0 Å². The molecule has 1 heterocycles. The largest absolute Gasteiger partial charge is 0.333 e. The number of carbonyl (C=O) groups is 1. The van der Waals surface area contributed by atoms with E-state index >= 15 is 0 Å². The van der Waals surface area contributed by atoms with Crippen molar-refractivity contribution in [3.63, 3.8) is 0 Å². The van der Waals surface area contributed by atoms with Gasteiger partial charge in [0.1, 0.15) is 0 Å². The lowest BCUT2D eigenvalue weighted by molar-refractivity contribution is 0.0939. The van der Waals surface area contributed by atoms with E-state index in [4.69, 9.17) is 0 Å². The van der Waals surface area contributed by atoms with E-state index in [-0.39, 0.29) is 11.7 Å². The van der Waals surface area contributed by atoms with Gasteiger partial charge in [-0.05, 0) is 18.2 Å². The van der Waals surface area contributed by atoms with Crippen LogP contribution in [0.15, 0.2) is 23.4 Å². The van der Waals surface area contributed by atoms with Crippen LogP contribution in [0.4, 0.5) is 0 Å². The van der Waals surface area contributed by atoms with E-state index in [2.05, 4.69) is 23.8 Å². The fourth-order valence-corrected chi connectivity index (χ4v) is 2.52. The number of hydrogen-bond acceptors (Lipinski definition) is 3. The van der Waals surface area contributed by atoms with Crippen molar-refractivity contribution in [1.29, 1.82) is 0 Å². The second kappa shape index (κ2) is 5.14. The number of thioether (sulfide) groups is 1. The minimum atomic E-state index is 0.0230. The molecule has 0 bridgehead atoms.